The van der Waals surface area contributed by atoms with E-state index in [0.29, 0.717) is 16.9 Å². The maximum Gasteiger partial charge on any atom is 0.235 e. The molecule has 3 heterocycles. The van der Waals surface area contributed by atoms with Crippen LogP contribution < -0.4 is 9.46 Å². The lowest BCUT2D eigenvalue weighted by atomic mass is 10.0. The number of benzene rings is 2. The summed E-state index contributed by atoms with van der Waals surface area (Å²) in [6, 6.07) is 11.1. The number of phenols is 2. The number of ketones is 1. The van der Waals surface area contributed by atoms with Crippen molar-refractivity contribution in [1.29, 1.82) is 0 Å². The summed E-state index contributed by atoms with van der Waals surface area (Å²) in [6.45, 7) is 0. The Bertz CT molecular complexity index is 1620. The molecule has 3 N–H and O–H groups in total. The molecule has 2 aromatic heterocycles. The predicted molar refractivity (Wildman–Crippen MR) is 127 cm³/mol. The van der Waals surface area contributed by atoms with E-state index < -0.39 is 15.8 Å². The van der Waals surface area contributed by atoms with Crippen LogP contribution in [0.15, 0.2) is 60.6 Å². The van der Waals surface area contributed by atoms with Gasteiger partial charge in [-0.05, 0) is 35.4 Å². The molecule has 4 aromatic rings. The van der Waals surface area contributed by atoms with Gasteiger partial charge in [0.25, 0.3) is 0 Å². The van der Waals surface area contributed by atoms with Crippen LogP contribution in [-0.2, 0) is 17.1 Å². The number of aromatic nitrogens is 2. The van der Waals surface area contributed by atoms with E-state index in [1.54, 1.807) is 36.5 Å². The fraction of sp³-hybridized carbons (Fsp3) is 0.0833. The Morgan fingerprint density at radius 2 is 1.85 bits per heavy atom. The second-order valence-electron chi connectivity index (χ2n) is 7.98. The van der Waals surface area contributed by atoms with Gasteiger partial charge in [-0.2, -0.15) is 0 Å². The smallest absolute Gasteiger partial charge is 0.235 e. The van der Waals surface area contributed by atoms with Crippen molar-refractivity contribution in [3.05, 3.63) is 71.7 Å². The third kappa shape index (κ3) is 3.73. The fourth-order valence-corrected chi connectivity index (χ4v) is 4.60. The molecule has 0 bridgehead atoms. The van der Waals surface area contributed by atoms with Gasteiger partial charge in [0.2, 0.25) is 15.8 Å². The highest BCUT2D eigenvalue weighted by Gasteiger charge is 2.31. The Morgan fingerprint density at radius 1 is 1.12 bits per heavy atom. The van der Waals surface area contributed by atoms with Gasteiger partial charge in [0.1, 0.15) is 28.5 Å². The highest BCUT2D eigenvalue weighted by molar-refractivity contribution is 7.92. The van der Waals surface area contributed by atoms with Crippen molar-refractivity contribution >= 4 is 38.6 Å². The number of rotatable bonds is 4. The number of nitrogens with zero attached hydrogens (tertiary/aromatic N) is 2. The second kappa shape index (κ2) is 7.63. The molecule has 0 amide bonds. The normalized spacial score (nSPS) is 14.4. The van der Waals surface area contributed by atoms with Crippen LogP contribution in [0.2, 0.25) is 0 Å². The summed E-state index contributed by atoms with van der Waals surface area (Å²) in [5.41, 5.74) is 3.42. The lowest BCUT2D eigenvalue weighted by Gasteiger charge is -2.08. The van der Waals surface area contributed by atoms with Crippen molar-refractivity contribution in [2.24, 2.45) is 7.05 Å². The molecule has 34 heavy (non-hydrogen) atoms. The highest BCUT2D eigenvalue weighted by atomic mass is 32.2. The number of aryl methyl sites for hydroxylation is 1. The third-order valence-electron chi connectivity index (χ3n) is 5.41. The Morgan fingerprint density at radius 3 is 2.56 bits per heavy atom. The van der Waals surface area contributed by atoms with Crippen LogP contribution in [0.1, 0.15) is 15.9 Å². The van der Waals surface area contributed by atoms with Crippen LogP contribution in [0, 0.1) is 0 Å². The molecule has 1 aliphatic heterocycles. The van der Waals surface area contributed by atoms with Crippen LogP contribution in [-0.4, -0.2) is 40.2 Å². The second-order valence-corrected chi connectivity index (χ2v) is 9.73. The molecule has 5 rings (SSSR count). The van der Waals surface area contributed by atoms with E-state index >= 15 is 0 Å². The molecule has 9 nitrogen and oxygen atoms in total. The number of aromatic hydroxyl groups is 2. The third-order valence-corrected chi connectivity index (χ3v) is 6.02. The first kappa shape index (κ1) is 21.5. The minimum atomic E-state index is -3.39. The van der Waals surface area contributed by atoms with Crippen LogP contribution in [0.25, 0.3) is 28.2 Å². The number of phenolic OH excluding ortho intramolecular Hbond substituents is 2. The van der Waals surface area contributed by atoms with E-state index in [-0.39, 0.29) is 28.6 Å². The topological polar surface area (TPSA) is 131 Å². The highest BCUT2D eigenvalue weighted by Crippen LogP contribution is 2.41. The van der Waals surface area contributed by atoms with Crippen molar-refractivity contribution in [2.45, 2.75) is 0 Å². The van der Waals surface area contributed by atoms with Gasteiger partial charge in [-0.3, -0.25) is 9.52 Å². The van der Waals surface area contributed by atoms with E-state index in [2.05, 4.69) is 9.71 Å². The van der Waals surface area contributed by atoms with E-state index in [1.807, 2.05) is 23.9 Å². The van der Waals surface area contributed by atoms with E-state index in [1.165, 1.54) is 6.07 Å². The molecule has 10 heteroatoms. The first-order chi connectivity index (χ1) is 16.1. The van der Waals surface area contributed by atoms with Crippen LogP contribution >= 0.6 is 0 Å². The number of nitrogens with one attached hydrogen (secondary N) is 1. The van der Waals surface area contributed by atoms with Crippen LogP contribution in [0.3, 0.4) is 0 Å². The largest absolute Gasteiger partial charge is 0.508 e. The number of Topliss-reactive ketones (excluding diaryl/α,β-unsaturated/α-hetero) is 1. The maximum atomic E-state index is 12.9. The fourth-order valence-electron chi connectivity index (χ4n) is 4.04. The monoisotopic (exact) mass is 477 g/mol. The maximum absolute atomic E-state index is 12.9. The molecule has 0 spiro atoms. The molecule has 0 atom stereocenters. The molecule has 0 radical (unpaired) electrons. The number of sulfonamides is 1. The van der Waals surface area contributed by atoms with Crippen molar-refractivity contribution in [2.75, 3.05) is 11.0 Å². The Kier molecular flexibility index (Phi) is 4.83. The van der Waals surface area contributed by atoms with Crippen molar-refractivity contribution in [1.82, 2.24) is 9.55 Å². The van der Waals surface area contributed by atoms with E-state index in [9.17, 15) is 23.4 Å². The molecular weight excluding hydrogens is 458 g/mol. The molecule has 172 valence electrons. The molecule has 0 unspecified atom stereocenters. The number of hydrogen-bond donors (Lipinski definition) is 3. The SMILES string of the molecule is Cn1cc(C=C2Oc3cc(O)cc(O)c3C2=O)c2c(-c3ccc(NS(C)(=O)=O)cc3)ccnc21. The predicted octanol–water partition coefficient (Wildman–Crippen LogP) is 3.64. The number of carbonyl (C=O) groups excluding carboxylic acids is 1. The molecule has 0 saturated carbocycles. The van der Waals surface area contributed by atoms with Gasteiger partial charge in [0.05, 0.1) is 6.26 Å². The quantitative estimate of drug-likeness (QED) is 0.383. The van der Waals surface area contributed by atoms with Crippen molar-refractivity contribution in [3.63, 3.8) is 0 Å². The lowest BCUT2D eigenvalue weighted by Crippen LogP contribution is -2.09. The summed E-state index contributed by atoms with van der Waals surface area (Å²) in [4.78, 5) is 17.3. The molecule has 0 fully saturated rings. The van der Waals surface area contributed by atoms with Crippen LogP contribution in [0.5, 0.6) is 17.2 Å². The Labute approximate surface area is 194 Å². The molecule has 1 aliphatic rings. The van der Waals surface area contributed by atoms with Crippen molar-refractivity contribution in [3.8, 4) is 28.4 Å². The van der Waals surface area contributed by atoms with Gasteiger partial charge in [0, 0.05) is 48.2 Å². The molecule has 0 saturated heterocycles. The number of hydrogen-bond acceptors (Lipinski definition) is 7. The number of anilines is 1. The Balaban J connectivity index is 1.61. The zero-order valence-corrected chi connectivity index (χ0v) is 18.9. The number of pyridine rings is 1. The van der Waals surface area contributed by atoms with Gasteiger partial charge in [0.15, 0.2) is 5.76 Å². The number of ether oxygens (including phenoxy) is 1. The van der Waals surface area contributed by atoms with Crippen LogP contribution in [0.4, 0.5) is 5.69 Å². The number of carbonyl (C=O) groups is 1. The summed E-state index contributed by atoms with van der Waals surface area (Å²) in [7, 11) is -1.56. The number of fused-ring (bicyclic) bond motifs is 2. The standard InChI is InChI=1S/C24H19N3O6S/c1-27-12-14(9-20-23(30)22-18(29)10-16(28)11-19(22)33-20)21-17(7-8-25-24(21)27)13-3-5-15(6-4-13)26-34(2,31)32/h3-12,26,28-29H,1-2H3. The van der Waals surface area contributed by atoms with Crippen molar-refractivity contribution < 1.29 is 28.2 Å². The summed E-state index contributed by atoms with van der Waals surface area (Å²) in [5.74, 6) is -0.972. The van der Waals surface area contributed by atoms with Gasteiger partial charge >= 0.3 is 0 Å². The van der Waals surface area contributed by atoms with E-state index in [0.717, 1.165) is 28.8 Å². The minimum absolute atomic E-state index is 0.00315. The summed E-state index contributed by atoms with van der Waals surface area (Å²) < 4.78 is 32.9. The van der Waals surface area contributed by atoms with E-state index in [4.69, 9.17) is 4.74 Å². The van der Waals surface area contributed by atoms with Gasteiger partial charge in [-0.25, -0.2) is 13.4 Å². The zero-order valence-electron chi connectivity index (χ0n) is 18.1. The minimum Gasteiger partial charge on any atom is -0.508 e. The van der Waals surface area contributed by atoms with Gasteiger partial charge in [-0.15, -0.1) is 0 Å². The lowest BCUT2D eigenvalue weighted by molar-refractivity contribution is 0.101. The Hall–Kier alpha value is -4.31. The first-order valence-corrected chi connectivity index (χ1v) is 12.0. The average Bonchev–Trinajstić information content (AvgIpc) is 3.24. The summed E-state index contributed by atoms with van der Waals surface area (Å²) in [6.07, 6.45) is 6.14. The molecular formula is C24H19N3O6S. The number of allylic oxidation sites excluding steroid dienone is 1. The molecule has 0 aliphatic carbocycles. The zero-order chi connectivity index (χ0) is 24.2. The van der Waals surface area contributed by atoms with Gasteiger partial charge in [-0.1, -0.05) is 12.1 Å². The summed E-state index contributed by atoms with van der Waals surface area (Å²) >= 11 is 0. The average molecular weight is 477 g/mol. The summed E-state index contributed by atoms with van der Waals surface area (Å²) in [5, 5.41) is 20.6. The van der Waals surface area contributed by atoms with Gasteiger partial charge < -0.3 is 19.5 Å². The first-order valence-electron chi connectivity index (χ1n) is 10.1. The molecule has 2 aromatic carbocycles.